The van der Waals surface area contributed by atoms with E-state index in [1.54, 1.807) is 13.8 Å². The van der Waals surface area contributed by atoms with Gasteiger partial charge in [-0.1, -0.05) is 37.8 Å². The molecule has 29 heavy (non-hydrogen) atoms. The summed E-state index contributed by atoms with van der Waals surface area (Å²) in [5.74, 6) is 0.362. The first-order valence-electron chi connectivity index (χ1n) is 11.5. The van der Waals surface area contributed by atoms with Crippen LogP contribution in [-0.4, -0.2) is 48.9 Å². The van der Waals surface area contributed by atoms with E-state index in [1.165, 1.54) is 25.7 Å². The summed E-state index contributed by atoms with van der Waals surface area (Å²) in [6, 6.07) is -0.404. The lowest BCUT2D eigenvalue weighted by Gasteiger charge is -2.18. The topological polar surface area (TPSA) is 84.9 Å². The van der Waals surface area contributed by atoms with Gasteiger partial charge in [-0.05, 0) is 64.8 Å². The third kappa shape index (κ3) is 12.7. The molecule has 2 atom stereocenters. The van der Waals surface area contributed by atoms with Gasteiger partial charge in [0.1, 0.15) is 6.04 Å². The van der Waals surface area contributed by atoms with E-state index in [0.29, 0.717) is 39.0 Å². The van der Waals surface area contributed by atoms with Gasteiger partial charge in [-0.25, -0.2) is 0 Å². The summed E-state index contributed by atoms with van der Waals surface area (Å²) in [7, 11) is 0. The number of allylic oxidation sites excluding steroid dienone is 1. The molecule has 0 amide bonds. The van der Waals surface area contributed by atoms with Gasteiger partial charge in [0.2, 0.25) is 0 Å². The Morgan fingerprint density at radius 3 is 2.52 bits per heavy atom. The SMILES string of the molecule is CCOC(=O)CCC/C=C\CC(NCCC(O)CCC1CCCC1)C(=O)OCC. The van der Waals surface area contributed by atoms with Crippen molar-refractivity contribution in [1.82, 2.24) is 5.32 Å². The molecule has 1 saturated carbocycles. The number of hydrogen-bond donors (Lipinski definition) is 2. The molecule has 6 heteroatoms. The lowest BCUT2D eigenvalue weighted by molar-refractivity contribution is -0.145. The molecule has 1 aliphatic rings. The first kappa shape index (κ1) is 25.6. The minimum absolute atomic E-state index is 0.168. The molecule has 0 spiro atoms. The van der Waals surface area contributed by atoms with E-state index < -0.39 is 6.04 Å². The van der Waals surface area contributed by atoms with Gasteiger partial charge in [0.15, 0.2) is 0 Å². The van der Waals surface area contributed by atoms with Crippen LogP contribution in [0, 0.1) is 5.92 Å². The molecule has 0 aliphatic heterocycles. The molecule has 6 nitrogen and oxygen atoms in total. The van der Waals surface area contributed by atoms with Crippen LogP contribution in [0.4, 0.5) is 0 Å². The summed E-state index contributed by atoms with van der Waals surface area (Å²) in [5, 5.41) is 13.4. The Balaban J connectivity index is 2.25. The molecule has 1 fully saturated rings. The fourth-order valence-corrected chi connectivity index (χ4v) is 3.75. The average molecular weight is 412 g/mol. The number of nitrogens with one attached hydrogen (secondary N) is 1. The molecule has 2 unspecified atom stereocenters. The number of unbranched alkanes of at least 4 members (excludes halogenated alkanes) is 1. The largest absolute Gasteiger partial charge is 0.466 e. The Hall–Kier alpha value is -1.40. The van der Waals surface area contributed by atoms with Gasteiger partial charge in [-0.3, -0.25) is 9.59 Å². The molecule has 0 saturated heterocycles. The number of ether oxygens (including phenoxy) is 2. The second-order valence-corrected chi connectivity index (χ2v) is 7.83. The summed E-state index contributed by atoms with van der Waals surface area (Å²) < 4.78 is 10.1. The molecule has 0 aromatic heterocycles. The predicted octanol–water partition coefficient (Wildman–Crippen LogP) is 3.91. The number of carbonyl (C=O) groups excluding carboxylic acids is 2. The quantitative estimate of drug-likeness (QED) is 0.228. The van der Waals surface area contributed by atoms with Gasteiger partial charge in [-0.15, -0.1) is 0 Å². The van der Waals surface area contributed by atoms with Crippen LogP contribution in [0.2, 0.25) is 0 Å². The molecule has 1 aliphatic carbocycles. The Kier molecular flexibility index (Phi) is 14.5. The van der Waals surface area contributed by atoms with Crippen molar-refractivity contribution in [2.75, 3.05) is 19.8 Å². The monoisotopic (exact) mass is 411 g/mol. The fourth-order valence-electron chi connectivity index (χ4n) is 3.75. The Morgan fingerprint density at radius 2 is 1.83 bits per heavy atom. The summed E-state index contributed by atoms with van der Waals surface area (Å²) in [6.45, 7) is 4.95. The molecular formula is C23H41NO5. The summed E-state index contributed by atoms with van der Waals surface area (Å²) >= 11 is 0. The van der Waals surface area contributed by atoms with Crippen molar-refractivity contribution >= 4 is 11.9 Å². The number of aliphatic hydroxyl groups is 1. The van der Waals surface area contributed by atoms with Crippen LogP contribution >= 0.6 is 0 Å². The number of hydrogen-bond acceptors (Lipinski definition) is 6. The summed E-state index contributed by atoms with van der Waals surface area (Å²) in [5.41, 5.74) is 0. The van der Waals surface area contributed by atoms with Crippen LogP contribution in [0.1, 0.15) is 84.5 Å². The van der Waals surface area contributed by atoms with Crippen molar-refractivity contribution in [2.45, 2.75) is 96.6 Å². The number of aliphatic hydroxyl groups excluding tert-OH is 1. The van der Waals surface area contributed by atoms with Crippen LogP contribution in [0.3, 0.4) is 0 Å². The van der Waals surface area contributed by atoms with Gasteiger partial charge in [0.25, 0.3) is 0 Å². The second kappa shape index (κ2) is 16.4. The van der Waals surface area contributed by atoms with Crippen molar-refractivity contribution in [3.8, 4) is 0 Å². The highest BCUT2D eigenvalue weighted by molar-refractivity contribution is 5.76. The smallest absolute Gasteiger partial charge is 0.323 e. The molecule has 0 heterocycles. The first-order valence-corrected chi connectivity index (χ1v) is 11.5. The molecule has 0 bridgehead atoms. The summed E-state index contributed by atoms with van der Waals surface area (Å²) in [6.07, 6.45) is 14.0. The number of esters is 2. The molecule has 2 N–H and O–H groups in total. The van der Waals surface area contributed by atoms with Crippen molar-refractivity contribution in [1.29, 1.82) is 0 Å². The highest BCUT2D eigenvalue weighted by Crippen LogP contribution is 2.29. The van der Waals surface area contributed by atoms with Crippen molar-refractivity contribution in [2.24, 2.45) is 5.92 Å². The standard InChI is InChI=1S/C23H41NO5/c1-3-28-22(26)14-8-6-5-7-13-21(23(27)29-4-2)24-18-17-20(25)16-15-19-11-9-10-12-19/h5,7,19-21,24-25H,3-4,6,8-18H2,1-2H3/b7-5-. The molecule has 1 rings (SSSR count). The van der Waals surface area contributed by atoms with Crippen LogP contribution in [0.25, 0.3) is 0 Å². The molecule has 0 aromatic rings. The molecule has 168 valence electrons. The van der Waals surface area contributed by atoms with Crippen molar-refractivity contribution in [3.63, 3.8) is 0 Å². The average Bonchev–Trinajstić information content (AvgIpc) is 3.21. The highest BCUT2D eigenvalue weighted by atomic mass is 16.5. The molecular weight excluding hydrogens is 370 g/mol. The van der Waals surface area contributed by atoms with E-state index in [1.807, 2.05) is 12.2 Å². The fraction of sp³-hybridized carbons (Fsp3) is 0.826. The van der Waals surface area contributed by atoms with Gasteiger partial charge >= 0.3 is 11.9 Å². The Morgan fingerprint density at radius 1 is 1.10 bits per heavy atom. The lowest BCUT2D eigenvalue weighted by Crippen LogP contribution is -2.39. The first-order chi connectivity index (χ1) is 14.1. The van der Waals surface area contributed by atoms with Crippen molar-refractivity contribution in [3.05, 3.63) is 12.2 Å². The van der Waals surface area contributed by atoms with Crippen LogP contribution in [0.5, 0.6) is 0 Å². The van der Waals surface area contributed by atoms with E-state index in [9.17, 15) is 14.7 Å². The maximum absolute atomic E-state index is 12.2. The second-order valence-electron chi connectivity index (χ2n) is 7.83. The minimum atomic E-state index is -0.404. The van der Waals surface area contributed by atoms with Crippen LogP contribution in [-0.2, 0) is 19.1 Å². The van der Waals surface area contributed by atoms with Gasteiger partial charge in [-0.2, -0.15) is 0 Å². The molecule has 0 aromatic carbocycles. The highest BCUT2D eigenvalue weighted by Gasteiger charge is 2.19. The van der Waals surface area contributed by atoms with Gasteiger partial charge < -0.3 is 19.9 Å². The Labute approximate surface area is 176 Å². The van der Waals surface area contributed by atoms with Gasteiger partial charge in [0.05, 0.1) is 19.3 Å². The normalized spacial score (nSPS) is 16.8. The zero-order valence-corrected chi connectivity index (χ0v) is 18.4. The zero-order chi connectivity index (χ0) is 21.3. The third-order valence-electron chi connectivity index (χ3n) is 5.42. The van der Waals surface area contributed by atoms with Crippen LogP contribution in [0.15, 0.2) is 12.2 Å². The zero-order valence-electron chi connectivity index (χ0n) is 18.4. The van der Waals surface area contributed by atoms with Gasteiger partial charge in [0, 0.05) is 6.42 Å². The van der Waals surface area contributed by atoms with E-state index in [2.05, 4.69) is 5.32 Å². The predicted molar refractivity (Wildman–Crippen MR) is 114 cm³/mol. The lowest BCUT2D eigenvalue weighted by atomic mass is 9.98. The Bertz CT molecular complexity index is 474. The van der Waals surface area contributed by atoms with E-state index in [0.717, 1.165) is 31.6 Å². The summed E-state index contributed by atoms with van der Waals surface area (Å²) in [4.78, 5) is 23.5. The van der Waals surface area contributed by atoms with Crippen molar-refractivity contribution < 1.29 is 24.2 Å². The maximum Gasteiger partial charge on any atom is 0.323 e. The minimum Gasteiger partial charge on any atom is -0.466 e. The number of carbonyl (C=O) groups is 2. The number of rotatable bonds is 16. The molecule has 0 radical (unpaired) electrons. The van der Waals surface area contributed by atoms with E-state index in [4.69, 9.17) is 9.47 Å². The van der Waals surface area contributed by atoms with E-state index in [-0.39, 0.29) is 18.0 Å². The maximum atomic E-state index is 12.2. The van der Waals surface area contributed by atoms with Crippen LogP contribution < -0.4 is 5.32 Å². The van der Waals surface area contributed by atoms with E-state index >= 15 is 0 Å². The third-order valence-corrected chi connectivity index (χ3v) is 5.42.